The van der Waals surface area contributed by atoms with E-state index < -0.39 is 10.0 Å². The van der Waals surface area contributed by atoms with Crippen molar-refractivity contribution in [3.05, 3.63) is 54.0 Å². The van der Waals surface area contributed by atoms with E-state index in [9.17, 15) is 13.2 Å². The summed E-state index contributed by atoms with van der Waals surface area (Å²) in [5, 5.41) is 2.92. The van der Waals surface area contributed by atoms with E-state index in [1.54, 1.807) is 32.2 Å². The molecule has 1 aromatic heterocycles. The minimum Gasteiger partial charge on any atom is -0.469 e. The van der Waals surface area contributed by atoms with Gasteiger partial charge in [0.25, 0.3) is 5.91 Å². The summed E-state index contributed by atoms with van der Waals surface area (Å²) < 4.78 is 31.6. The number of nitrogens with zero attached hydrogens (tertiary/aromatic N) is 1. The summed E-state index contributed by atoms with van der Waals surface area (Å²) in [6, 6.07) is 9.78. The van der Waals surface area contributed by atoms with Crippen LogP contribution in [-0.2, 0) is 16.4 Å². The lowest BCUT2D eigenvalue weighted by atomic mass is 10.1. The number of hydrogen-bond acceptors (Lipinski definition) is 4. The maximum atomic E-state index is 12.5. The Morgan fingerprint density at radius 3 is 2.35 bits per heavy atom. The molecule has 1 amide bonds. The molecular weight excluding hydrogens is 352 g/mol. The first-order chi connectivity index (χ1) is 12.4. The number of hydrogen-bond donors (Lipinski definition) is 1. The molecule has 6 nitrogen and oxygen atoms in total. The third kappa shape index (κ3) is 4.95. The summed E-state index contributed by atoms with van der Waals surface area (Å²) in [7, 11) is -3.51. The molecule has 0 aliphatic rings. The Labute approximate surface area is 155 Å². The van der Waals surface area contributed by atoms with Crippen molar-refractivity contribution < 1.29 is 17.6 Å². The Bertz CT molecular complexity index is 795. The summed E-state index contributed by atoms with van der Waals surface area (Å²) >= 11 is 0. The fourth-order valence-corrected chi connectivity index (χ4v) is 4.14. The Morgan fingerprint density at radius 2 is 1.81 bits per heavy atom. The molecule has 1 atom stereocenters. The van der Waals surface area contributed by atoms with Crippen LogP contribution in [0, 0.1) is 0 Å². The SMILES string of the molecule is CCN(CC)S(=O)(=O)c1ccc(C(=O)N[C@H](C)CCc2ccco2)cc1. The number of aryl methyl sites for hydroxylation is 1. The van der Waals surface area contributed by atoms with Crippen molar-refractivity contribution in [3.8, 4) is 0 Å². The summed E-state index contributed by atoms with van der Waals surface area (Å²) in [4.78, 5) is 12.5. The highest BCUT2D eigenvalue weighted by Crippen LogP contribution is 2.16. The van der Waals surface area contributed by atoms with E-state index in [-0.39, 0.29) is 16.8 Å². The van der Waals surface area contributed by atoms with E-state index in [1.807, 2.05) is 19.1 Å². The minimum atomic E-state index is -3.51. The smallest absolute Gasteiger partial charge is 0.251 e. The Kier molecular flexibility index (Phi) is 6.99. The van der Waals surface area contributed by atoms with Gasteiger partial charge >= 0.3 is 0 Å². The lowest BCUT2D eigenvalue weighted by Gasteiger charge is -2.18. The lowest BCUT2D eigenvalue weighted by Crippen LogP contribution is -2.33. The number of amides is 1. The molecule has 142 valence electrons. The van der Waals surface area contributed by atoms with Gasteiger partial charge in [-0.05, 0) is 49.7 Å². The maximum Gasteiger partial charge on any atom is 0.251 e. The van der Waals surface area contributed by atoms with Gasteiger partial charge in [0.15, 0.2) is 0 Å². The van der Waals surface area contributed by atoms with E-state index >= 15 is 0 Å². The molecule has 2 aromatic rings. The molecule has 0 fully saturated rings. The van der Waals surface area contributed by atoms with E-state index in [4.69, 9.17) is 4.42 Å². The lowest BCUT2D eigenvalue weighted by molar-refractivity contribution is 0.0938. The van der Waals surface area contributed by atoms with Crippen LogP contribution in [0.4, 0.5) is 0 Å². The number of carbonyl (C=O) groups is 1. The molecule has 26 heavy (non-hydrogen) atoms. The molecule has 1 N–H and O–H groups in total. The number of carbonyl (C=O) groups excluding carboxylic acids is 1. The minimum absolute atomic E-state index is 0.0216. The zero-order valence-corrected chi connectivity index (χ0v) is 16.3. The zero-order chi connectivity index (χ0) is 19.2. The number of rotatable bonds is 9. The predicted molar refractivity (Wildman–Crippen MR) is 101 cm³/mol. The molecule has 0 radical (unpaired) electrons. The molecule has 1 aromatic carbocycles. The maximum absolute atomic E-state index is 12.5. The van der Waals surface area contributed by atoms with Gasteiger partial charge in [-0.3, -0.25) is 4.79 Å². The van der Waals surface area contributed by atoms with Crippen LogP contribution in [0.2, 0.25) is 0 Å². The molecule has 2 rings (SSSR count). The van der Waals surface area contributed by atoms with Gasteiger partial charge in [0.05, 0.1) is 11.2 Å². The van der Waals surface area contributed by atoms with Gasteiger partial charge in [-0.2, -0.15) is 4.31 Å². The third-order valence-corrected chi connectivity index (χ3v) is 6.31. The highest BCUT2D eigenvalue weighted by atomic mass is 32.2. The predicted octanol–water partition coefficient (Wildman–Crippen LogP) is 3.06. The average Bonchev–Trinajstić information content (AvgIpc) is 3.14. The van der Waals surface area contributed by atoms with Crippen LogP contribution >= 0.6 is 0 Å². The van der Waals surface area contributed by atoms with Gasteiger partial charge in [-0.15, -0.1) is 0 Å². The van der Waals surface area contributed by atoms with Crippen LogP contribution in [0.15, 0.2) is 52.0 Å². The summed E-state index contributed by atoms with van der Waals surface area (Å²) in [6.45, 7) is 6.35. The molecule has 0 aliphatic heterocycles. The van der Waals surface area contributed by atoms with Crippen LogP contribution < -0.4 is 5.32 Å². The van der Waals surface area contributed by atoms with Crippen molar-refractivity contribution in [2.45, 2.75) is 44.6 Å². The van der Waals surface area contributed by atoms with Crippen LogP contribution in [-0.4, -0.2) is 37.8 Å². The molecule has 1 heterocycles. The Morgan fingerprint density at radius 1 is 1.15 bits per heavy atom. The molecule has 0 aliphatic carbocycles. The summed E-state index contributed by atoms with van der Waals surface area (Å²) in [5.74, 6) is 0.667. The second-order valence-electron chi connectivity index (χ2n) is 6.11. The van der Waals surface area contributed by atoms with Gasteiger partial charge in [0.2, 0.25) is 10.0 Å². The van der Waals surface area contributed by atoms with E-state index in [2.05, 4.69) is 5.32 Å². The van der Waals surface area contributed by atoms with E-state index in [1.165, 1.54) is 16.4 Å². The van der Waals surface area contributed by atoms with Gasteiger partial charge in [0, 0.05) is 31.1 Å². The second-order valence-corrected chi connectivity index (χ2v) is 8.04. The standard InChI is InChI=1S/C19H26N2O4S/c1-4-21(5-2)26(23,24)18-12-9-16(10-13-18)19(22)20-15(3)8-11-17-7-6-14-25-17/h6-7,9-10,12-15H,4-5,8,11H2,1-3H3,(H,20,22)/t15-/m1/s1. The fraction of sp³-hybridized carbons (Fsp3) is 0.421. The van der Waals surface area contributed by atoms with Crippen LogP contribution in [0.25, 0.3) is 0 Å². The highest BCUT2D eigenvalue weighted by Gasteiger charge is 2.21. The van der Waals surface area contributed by atoms with Gasteiger partial charge < -0.3 is 9.73 Å². The molecule has 0 bridgehead atoms. The Balaban J connectivity index is 1.97. The first-order valence-electron chi connectivity index (χ1n) is 8.82. The molecule has 0 saturated heterocycles. The fourth-order valence-electron chi connectivity index (χ4n) is 2.68. The van der Waals surface area contributed by atoms with Crippen molar-refractivity contribution in [2.24, 2.45) is 0 Å². The topological polar surface area (TPSA) is 79.6 Å². The van der Waals surface area contributed by atoms with Crippen molar-refractivity contribution in [1.29, 1.82) is 0 Å². The first-order valence-corrected chi connectivity index (χ1v) is 10.3. The zero-order valence-electron chi connectivity index (χ0n) is 15.4. The average molecular weight is 378 g/mol. The summed E-state index contributed by atoms with van der Waals surface area (Å²) in [6.07, 6.45) is 3.13. The highest BCUT2D eigenvalue weighted by molar-refractivity contribution is 7.89. The van der Waals surface area contributed by atoms with Crippen molar-refractivity contribution >= 4 is 15.9 Å². The van der Waals surface area contributed by atoms with Gasteiger partial charge in [-0.25, -0.2) is 8.42 Å². The van der Waals surface area contributed by atoms with Crippen LogP contribution in [0.5, 0.6) is 0 Å². The van der Waals surface area contributed by atoms with Gasteiger partial charge in [0.1, 0.15) is 5.76 Å². The monoisotopic (exact) mass is 378 g/mol. The molecule has 0 saturated carbocycles. The van der Waals surface area contributed by atoms with Crippen LogP contribution in [0.1, 0.15) is 43.3 Å². The third-order valence-electron chi connectivity index (χ3n) is 4.24. The van der Waals surface area contributed by atoms with Crippen LogP contribution in [0.3, 0.4) is 0 Å². The number of furan rings is 1. The molecule has 7 heteroatoms. The van der Waals surface area contributed by atoms with Crippen molar-refractivity contribution in [3.63, 3.8) is 0 Å². The van der Waals surface area contributed by atoms with Crippen molar-refractivity contribution in [2.75, 3.05) is 13.1 Å². The van der Waals surface area contributed by atoms with Crippen molar-refractivity contribution in [1.82, 2.24) is 9.62 Å². The molecule has 0 unspecified atom stereocenters. The van der Waals surface area contributed by atoms with E-state index in [0.29, 0.717) is 18.7 Å². The quantitative estimate of drug-likeness (QED) is 0.727. The van der Waals surface area contributed by atoms with Gasteiger partial charge in [-0.1, -0.05) is 13.8 Å². The van der Waals surface area contributed by atoms with E-state index in [0.717, 1.165) is 18.6 Å². The molecule has 0 spiro atoms. The number of benzene rings is 1. The number of sulfonamides is 1. The summed E-state index contributed by atoms with van der Waals surface area (Å²) in [5.41, 5.74) is 0.438. The second kappa shape index (κ2) is 9.00. The first kappa shape index (κ1) is 20.2. The molecular formula is C19H26N2O4S. The normalized spacial score (nSPS) is 12.9. The Hall–Kier alpha value is -2.12. The number of nitrogens with one attached hydrogen (secondary N) is 1. The largest absolute Gasteiger partial charge is 0.469 e.